The number of ether oxygens (including phenoxy) is 1. The number of fused-ring (bicyclic) bond motifs is 1. The molecule has 7 nitrogen and oxygen atoms in total. The van der Waals surface area contributed by atoms with Crippen LogP contribution in [0.3, 0.4) is 0 Å². The van der Waals surface area contributed by atoms with Crippen molar-refractivity contribution in [3.05, 3.63) is 102 Å². The molecule has 0 fully saturated rings. The number of nitrogens with one attached hydrogen (secondary N) is 2. The Morgan fingerprint density at radius 2 is 1.94 bits per heavy atom. The van der Waals surface area contributed by atoms with E-state index in [-0.39, 0.29) is 6.42 Å². The first-order valence-electron chi connectivity index (χ1n) is 11.9. The molecular formula is C29H27N3O4. The zero-order valence-corrected chi connectivity index (χ0v) is 19.9. The fourth-order valence-corrected chi connectivity index (χ4v) is 4.44. The molecule has 0 aliphatic rings. The van der Waals surface area contributed by atoms with Gasteiger partial charge in [-0.25, -0.2) is 4.98 Å². The Kier molecular flexibility index (Phi) is 6.56. The highest BCUT2D eigenvalue weighted by Crippen LogP contribution is 2.33. The third-order valence-corrected chi connectivity index (χ3v) is 6.28. The normalized spacial score (nSPS) is 12.1. The number of carboxylic acid groups (broad SMARTS) is 1. The summed E-state index contributed by atoms with van der Waals surface area (Å²) < 4.78 is 6.27. The molecule has 0 aliphatic heterocycles. The first-order valence-corrected chi connectivity index (χ1v) is 11.9. The van der Waals surface area contributed by atoms with Crippen LogP contribution in [0.15, 0.2) is 79.1 Å². The third kappa shape index (κ3) is 4.87. The van der Waals surface area contributed by atoms with Crippen LogP contribution in [0.25, 0.3) is 22.3 Å². The van der Waals surface area contributed by atoms with E-state index >= 15 is 0 Å². The van der Waals surface area contributed by atoms with Crippen molar-refractivity contribution in [1.82, 2.24) is 15.0 Å². The van der Waals surface area contributed by atoms with E-state index in [4.69, 9.17) is 9.84 Å². The molecule has 1 atom stereocenters. The molecule has 5 aromatic rings. The summed E-state index contributed by atoms with van der Waals surface area (Å²) in [6.45, 7) is 2.11. The second-order valence-electron chi connectivity index (χ2n) is 8.69. The number of imidazole rings is 1. The maximum atomic E-state index is 10.9. The summed E-state index contributed by atoms with van der Waals surface area (Å²) in [7, 11) is 0. The SMILES string of the molecule is CCc1c(Oc2cccc(-c3ncc(C(O)c4cccc(CCC(=O)O)c4)[nH]3)c2)ccc2[nH]ccc12. The second-order valence-corrected chi connectivity index (χ2v) is 8.69. The maximum absolute atomic E-state index is 10.9. The van der Waals surface area contributed by atoms with Gasteiger partial charge in [0, 0.05) is 34.6 Å². The predicted molar refractivity (Wildman–Crippen MR) is 138 cm³/mol. The molecule has 0 bridgehead atoms. The van der Waals surface area contributed by atoms with Crippen molar-refractivity contribution in [1.29, 1.82) is 0 Å². The van der Waals surface area contributed by atoms with Gasteiger partial charge in [0.25, 0.3) is 0 Å². The van der Waals surface area contributed by atoms with Gasteiger partial charge in [-0.2, -0.15) is 0 Å². The number of hydrogen-bond acceptors (Lipinski definition) is 4. The van der Waals surface area contributed by atoms with Gasteiger partial charge in [0.05, 0.1) is 11.9 Å². The summed E-state index contributed by atoms with van der Waals surface area (Å²) in [4.78, 5) is 21.8. The van der Waals surface area contributed by atoms with E-state index in [2.05, 4.69) is 27.9 Å². The van der Waals surface area contributed by atoms with Gasteiger partial charge in [-0.15, -0.1) is 0 Å². The van der Waals surface area contributed by atoms with Crippen LogP contribution in [0.5, 0.6) is 11.5 Å². The van der Waals surface area contributed by atoms with Gasteiger partial charge in [0.1, 0.15) is 23.4 Å². The fraction of sp³-hybridized carbons (Fsp3) is 0.172. The minimum absolute atomic E-state index is 0.0466. The monoisotopic (exact) mass is 481 g/mol. The molecule has 7 heteroatoms. The lowest BCUT2D eigenvalue weighted by Gasteiger charge is -2.12. The molecule has 0 spiro atoms. The largest absolute Gasteiger partial charge is 0.481 e. The molecule has 5 rings (SSSR count). The van der Waals surface area contributed by atoms with Gasteiger partial charge >= 0.3 is 5.97 Å². The van der Waals surface area contributed by atoms with E-state index in [1.807, 2.05) is 66.9 Å². The second kappa shape index (κ2) is 10.1. The minimum atomic E-state index is -0.907. The molecular weight excluding hydrogens is 454 g/mol. The summed E-state index contributed by atoms with van der Waals surface area (Å²) in [6, 6.07) is 21.1. The van der Waals surface area contributed by atoms with Crippen LogP contribution < -0.4 is 4.74 Å². The van der Waals surface area contributed by atoms with Gasteiger partial charge < -0.3 is 24.9 Å². The molecule has 0 saturated heterocycles. The number of aryl methyl sites for hydroxylation is 2. The van der Waals surface area contributed by atoms with Gasteiger partial charge in [-0.05, 0) is 54.3 Å². The number of hydrogen-bond donors (Lipinski definition) is 4. The van der Waals surface area contributed by atoms with Gasteiger partial charge in [0.2, 0.25) is 0 Å². The van der Waals surface area contributed by atoms with E-state index in [9.17, 15) is 9.90 Å². The highest BCUT2D eigenvalue weighted by Gasteiger charge is 2.16. The van der Waals surface area contributed by atoms with E-state index in [0.29, 0.717) is 29.3 Å². The topological polar surface area (TPSA) is 111 Å². The number of aromatic nitrogens is 3. The quantitative estimate of drug-likeness (QED) is 0.206. The van der Waals surface area contributed by atoms with Crippen molar-refractivity contribution in [2.75, 3.05) is 0 Å². The molecule has 0 radical (unpaired) electrons. The fourth-order valence-electron chi connectivity index (χ4n) is 4.44. The number of carboxylic acids is 1. The van der Waals surface area contributed by atoms with Crippen LogP contribution in [0.4, 0.5) is 0 Å². The van der Waals surface area contributed by atoms with Gasteiger partial charge in [-0.1, -0.05) is 43.3 Å². The molecule has 1 unspecified atom stereocenters. The lowest BCUT2D eigenvalue weighted by atomic mass is 10.0. The van der Waals surface area contributed by atoms with Crippen molar-refractivity contribution < 1.29 is 19.7 Å². The van der Waals surface area contributed by atoms with Crippen molar-refractivity contribution >= 4 is 16.9 Å². The summed E-state index contributed by atoms with van der Waals surface area (Å²) >= 11 is 0. The molecule has 0 amide bonds. The maximum Gasteiger partial charge on any atom is 0.303 e. The van der Waals surface area contributed by atoms with E-state index in [1.165, 1.54) is 0 Å². The predicted octanol–water partition coefficient (Wildman–Crippen LogP) is 6.01. The zero-order valence-electron chi connectivity index (χ0n) is 19.9. The highest BCUT2D eigenvalue weighted by molar-refractivity contribution is 5.85. The molecule has 0 saturated carbocycles. The number of benzene rings is 3. The third-order valence-electron chi connectivity index (χ3n) is 6.28. The lowest BCUT2D eigenvalue weighted by Crippen LogP contribution is -2.02. The number of carbonyl (C=O) groups is 1. The Labute approximate surface area is 208 Å². The standard InChI is InChI=1S/C29H27N3O4/c1-2-22-23-13-14-30-24(23)10-11-26(22)36-21-8-4-7-20(16-21)29-31-17-25(32-29)28(35)19-6-3-5-18(15-19)9-12-27(33)34/h3-8,10-11,13-17,28,30,35H,2,9,12H2,1H3,(H,31,32)(H,33,34). The van der Waals surface area contributed by atoms with E-state index in [0.717, 1.165) is 39.8 Å². The van der Waals surface area contributed by atoms with Crippen LogP contribution >= 0.6 is 0 Å². The number of nitrogens with zero attached hydrogens (tertiary/aromatic N) is 1. The smallest absolute Gasteiger partial charge is 0.303 e. The molecule has 4 N–H and O–H groups in total. The first kappa shape index (κ1) is 23.4. The minimum Gasteiger partial charge on any atom is -0.481 e. The van der Waals surface area contributed by atoms with E-state index in [1.54, 1.807) is 6.20 Å². The Bertz CT molecular complexity index is 1520. The Hall–Kier alpha value is -4.36. The Morgan fingerprint density at radius 3 is 2.78 bits per heavy atom. The van der Waals surface area contributed by atoms with Crippen molar-refractivity contribution in [2.24, 2.45) is 0 Å². The van der Waals surface area contributed by atoms with E-state index < -0.39 is 12.1 Å². The number of H-pyrrole nitrogens is 2. The Morgan fingerprint density at radius 1 is 1.08 bits per heavy atom. The van der Waals surface area contributed by atoms with Crippen LogP contribution in [-0.4, -0.2) is 31.1 Å². The number of aliphatic hydroxyl groups is 1. The van der Waals surface area contributed by atoms with Crippen molar-refractivity contribution in [3.8, 4) is 22.9 Å². The van der Waals surface area contributed by atoms with Crippen LogP contribution in [0, 0.1) is 0 Å². The summed E-state index contributed by atoms with van der Waals surface area (Å²) in [5, 5.41) is 21.0. The molecule has 2 aromatic heterocycles. The Balaban J connectivity index is 1.36. The average Bonchev–Trinajstić information content (AvgIpc) is 3.57. The first-order chi connectivity index (χ1) is 17.5. The summed E-state index contributed by atoms with van der Waals surface area (Å²) in [5.41, 5.74) is 5.16. The van der Waals surface area contributed by atoms with Crippen LogP contribution in [0.1, 0.15) is 41.8 Å². The number of aliphatic hydroxyl groups excluding tert-OH is 1. The number of rotatable bonds is 9. The average molecular weight is 482 g/mol. The summed E-state index contributed by atoms with van der Waals surface area (Å²) in [5.74, 6) is 1.29. The van der Waals surface area contributed by atoms with Gasteiger partial charge in [0.15, 0.2) is 0 Å². The van der Waals surface area contributed by atoms with Crippen LogP contribution in [-0.2, 0) is 17.6 Å². The van der Waals surface area contributed by atoms with Crippen molar-refractivity contribution in [2.45, 2.75) is 32.3 Å². The molecule has 2 heterocycles. The number of aliphatic carboxylic acids is 1. The molecule has 0 aliphatic carbocycles. The van der Waals surface area contributed by atoms with Crippen LogP contribution in [0.2, 0.25) is 0 Å². The molecule has 182 valence electrons. The molecule has 3 aromatic carbocycles. The molecule has 36 heavy (non-hydrogen) atoms. The number of aromatic amines is 2. The zero-order chi connectivity index (χ0) is 25.1. The summed E-state index contributed by atoms with van der Waals surface area (Å²) in [6.07, 6.45) is 3.95. The van der Waals surface area contributed by atoms with Crippen molar-refractivity contribution in [3.63, 3.8) is 0 Å². The van der Waals surface area contributed by atoms with Gasteiger partial charge in [-0.3, -0.25) is 4.79 Å². The lowest BCUT2D eigenvalue weighted by molar-refractivity contribution is -0.136. The highest BCUT2D eigenvalue weighted by atomic mass is 16.5.